The maximum Gasteiger partial charge on any atom is 0.269 e. The van der Waals surface area contributed by atoms with Crippen molar-refractivity contribution in [2.45, 2.75) is 19.9 Å². The van der Waals surface area contributed by atoms with Crippen molar-refractivity contribution in [2.24, 2.45) is 0 Å². The highest BCUT2D eigenvalue weighted by atomic mass is 16.6. The van der Waals surface area contributed by atoms with Crippen LogP contribution in [0.5, 0.6) is 0 Å². The van der Waals surface area contributed by atoms with E-state index in [1.54, 1.807) is 0 Å². The molecule has 0 aliphatic rings. The Bertz CT molecular complexity index is 698. The predicted octanol–water partition coefficient (Wildman–Crippen LogP) is 0.707. The summed E-state index contributed by atoms with van der Waals surface area (Å²) in [7, 11) is 1.47. The number of hydrogen-bond donors (Lipinski definition) is 2. The van der Waals surface area contributed by atoms with E-state index in [4.69, 9.17) is 0 Å². The van der Waals surface area contributed by atoms with Crippen molar-refractivity contribution in [3.8, 4) is 0 Å². The molecule has 1 aromatic carbocycles. The largest absolute Gasteiger partial charge is 0.352 e. The summed E-state index contributed by atoms with van der Waals surface area (Å²) in [6.07, 6.45) is 2.70. The highest BCUT2D eigenvalue weighted by molar-refractivity contribution is 5.94. The first-order valence-corrected chi connectivity index (χ1v) is 7.92. The molecule has 3 amide bonds. The lowest BCUT2D eigenvalue weighted by Crippen LogP contribution is -2.44. The van der Waals surface area contributed by atoms with Crippen LogP contribution in [0.2, 0.25) is 0 Å². The summed E-state index contributed by atoms with van der Waals surface area (Å²) >= 11 is 0. The smallest absolute Gasteiger partial charge is 0.269 e. The monoisotopic (exact) mass is 362 g/mol. The molecule has 0 atom stereocenters. The van der Waals surface area contributed by atoms with Gasteiger partial charge in [0.15, 0.2) is 0 Å². The van der Waals surface area contributed by atoms with Crippen LogP contribution >= 0.6 is 0 Å². The molecule has 0 aromatic heterocycles. The van der Waals surface area contributed by atoms with E-state index in [0.717, 1.165) is 0 Å². The Morgan fingerprint density at radius 1 is 1.23 bits per heavy atom. The summed E-state index contributed by atoms with van der Waals surface area (Å²) in [6.45, 7) is 3.30. The third-order valence-electron chi connectivity index (χ3n) is 3.20. The van der Waals surface area contributed by atoms with Crippen LogP contribution in [0.15, 0.2) is 30.3 Å². The van der Waals surface area contributed by atoms with Gasteiger partial charge in [-0.15, -0.1) is 0 Å². The Morgan fingerprint density at radius 2 is 1.85 bits per heavy atom. The van der Waals surface area contributed by atoms with E-state index in [1.165, 1.54) is 48.4 Å². The molecule has 0 bridgehead atoms. The molecule has 0 saturated heterocycles. The average molecular weight is 362 g/mol. The van der Waals surface area contributed by atoms with Crippen LogP contribution in [0.3, 0.4) is 0 Å². The Morgan fingerprint density at radius 3 is 2.38 bits per heavy atom. The van der Waals surface area contributed by atoms with Crippen molar-refractivity contribution in [1.29, 1.82) is 0 Å². The lowest BCUT2D eigenvalue weighted by atomic mass is 10.2. The minimum atomic E-state index is -0.510. The van der Waals surface area contributed by atoms with Crippen LogP contribution in [0.25, 0.3) is 6.08 Å². The number of amides is 3. The zero-order valence-corrected chi connectivity index (χ0v) is 14.9. The van der Waals surface area contributed by atoms with Gasteiger partial charge in [-0.3, -0.25) is 24.5 Å². The number of nitrogens with zero attached hydrogens (tertiary/aromatic N) is 2. The van der Waals surface area contributed by atoms with Crippen molar-refractivity contribution in [3.05, 3.63) is 46.0 Å². The average Bonchev–Trinajstić information content (AvgIpc) is 2.57. The van der Waals surface area contributed by atoms with Gasteiger partial charge in [0.25, 0.3) is 5.69 Å². The molecule has 26 heavy (non-hydrogen) atoms. The zero-order chi connectivity index (χ0) is 19.7. The third-order valence-corrected chi connectivity index (χ3v) is 3.20. The molecule has 1 rings (SSSR count). The number of carbonyl (C=O) groups excluding carboxylic acids is 3. The second-order valence-corrected chi connectivity index (χ2v) is 5.87. The normalized spacial score (nSPS) is 10.6. The van der Waals surface area contributed by atoms with Crippen LogP contribution in [0, 0.1) is 10.1 Å². The number of nitrogens with one attached hydrogen (secondary N) is 2. The van der Waals surface area contributed by atoms with E-state index in [0.29, 0.717) is 5.56 Å². The number of carbonyl (C=O) groups is 3. The summed E-state index contributed by atoms with van der Waals surface area (Å²) in [5.41, 5.74) is 0.571. The molecule has 0 heterocycles. The first-order chi connectivity index (χ1) is 12.2. The van der Waals surface area contributed by atoms with Crippen molar-refractivity contribution >= 4 is 29.5 Å². The van der Waals surface area contributed by atoms with Gasteiger partial charge in [-0.05, 0) is 37.6 Å². The van der Waals surface area contributed by atoms with Gasteiger partial charge < -0.3 is 15.5 Å². The topological polar surface area (TPSA) is 122 Å². The Hall–Kier alpha value is -3.23. The maximum absolute atomic E-state index is 11.9. The van der Waals surface area contributed by atoms with E-state index < -0.39 is 16.7 Å². The fourth-order valence-electron chi connectivity index (χ4n) is 1.91. The Labute approximate surface area is 151 Å². The van der Waals surface area contributed by atoms with E-state index >= 15 is 0 Å². The number of nitro groups is 1. The van der Waals surface area contributed by atoms with Crippen LogP contribution in [-0.4, -0.2) is 53.7 Å². The number of likely N-dealkylation sites (N-methyl/N-ethyl adjacent to an activating group) is 1. The Balaban J connectivity index is 2.44. The Kier molecular flexibility index (Phi) is 7.94. The molecule has 0 fully saturated rings. The van der Waals surface area contributed by atoms with Gasteiger partial charge in [0.2, 0.25) is 17.7 Å². The summed E-state index contributed by atoms with van der Waals surface area (Å²) in [6, 6.07) is 5.66. The number of non-ortho nitro benzene ring substituents is 1. The fraction of sp³-hybridized carbons (Fsp3) is 0.353. The van der Waals surface area contributed by atoms with Crippen LogP contribution in [0.1, 0.15) is 19.4 Å². The minimum absolute atomic E-state index is 0.0183. The van der Waals surface area contributed by atoms with E-state index in [9.17, 15) is 24.5 Å². The molecule has 0 aliphatic carbocycles. The van der Waals surface area contributed by atoms with Gasteiger partial charge in [0, 0.05) is 31.3 Å². The first-order valence-electron chi connectivity index (χ1n) is 7.92. The molecular formula is C17H22N4O5. The molecule has 140 valence electrons. The van der Waals surface area contributed by atoms with Crippen molar-refractivity contribution in [2.75, 3.05) is 20.1 Å². The molecule has 0 saturated carbocycles. The molecule has 9 heteroatoms. The number of rotatable bonds is 8. The second kappa shape index (κ2) is 9.92. The first kappa shape index (κ1) is 20.8. The van der Waals surface area contributed by atoms with Gasteiger partial charge >= 0.3 is 0 Å². The predicted molar refractivity (Wildman–Crippen MR) is 96.1 cm³/mol. The van der Waals surface area contributed by atoms with Gasteiger partial charge in [-0.2, -0.15) is 0 Å². The molecule has 0 radical (unpaired) electrons. The summed E-state index contributed by atoms with van der Waals surface area (Å²) in [4.78, 5) is 46.5. The molecule has 9 nitrogen and oxygen atoms in total. The lowest BCUT2D eigenvalue weighted by molar-refractivity contribution is -0.384. The number of nitro benzene ring substituents is 1. The molecule has 0 unspecified atom stereocenters. The van der Waals surface area contributed by atoms with Gasteiger partial charge in [-0.25, -0.2) is 0 Å². The standard InChI is InChI=1S/C17H22N4O5/c1-12(2)19-16(23)11-20(3)17(24)10-18-15(22)9-6-13-4-7-14(8-5-13)21(25)26/h4-9,12H,10-11H2,1-3H3,(H,18,22)(H,19,23). The van der Waals surface area contributed by atoms with Crippen molar-refractivity contribution in [1.82, 2.24) is 15.5 Å². The van der Waals surface area contributed by atoms with Gasteiger partial charge in [-0.1, -0.05) is 0 Å². The highest BCUT2D eigenvalue weighted by Crippen LogP contribution is 2.12. The number of hydrogen-bond acceptors (Lipinski definition) is 5. The third kappa shape index (κ3) is 7.56. The van der Waals surface area contributed by atoms with Crippen LogP contribution in [-0.2, 0) is 14.4 Å². The molecule has 2 N–H and O–H groups in total. The SMILES string of the molecule is CC(C)NC(=O)CN(C)C(=O)CNC(=O)C=Cc1ccc([N+](=O)[O-])cc1. The zero-order valence-electron chi connectivity index (χ0n) is 14.9. The fourth-order valence-corrected chi connectivity index (χ4v) is 1.91. The molecular weight excluding hydrogens is 340 g/mol. The van der Waals surface area contributed by atoms with E-state index in [-0.39, 0.29) is 30.7 Å². The number of benzene rings is 1. The molecule has 0 spiro atoms. The van der Waals surface area contributed by atoms with Crippen molar-refractivity contribution in [3.63, 3.8) is 0 Å². The van der Waals surface area contributed by atoms with E-state index in [1.807, 2.05) is 13.8 Å². The summed E-state index contributed by atoms with van der Waals surface area (Å²) in [5, 5.41) is 15.7. The summed E-state index contributed by atoms with van der Waals surface area (Å²) in [5.74, 6) is -1.17. The second-order valence-electron chi connectivity index (χ2n) is 5.87. The van der Waals surface area contributed by atoms with E-state index in [2.05, 4.69) is 10.6 Å². The van der Waals surface area contributed by atoms with Crippen LogP contribution < -0.4 is 10.6 Å². The summed E-state index contributed by atoms with van der Waals surface area (Å²) < 4.78 is 0. The minimum Gasteiger partial charge on any atom is -0.352 e. The maximum atomic E-state index is 11.9. The van der Waals surface area contributed by atoms with Crippen LogP contribution in [0.4, 0.5) is 5.69 Å². The highest BCUT2D eigenvalue weighted by Gasteiger charge is 2.13. The van der Waals surface area contributed by atoms with Gasteiger partial charge in [0.1, 0.15) is 0 Å². The van der Waals surface area contributed by atoms with Crippen molar-refractivity contribution < 1.29 is 19.3 Å². The quantitative estimate of drug-likeness (QED) is 0.401. The molecule has 0 aliphatic heterocycles. The van der Waals surface area contributed by atoms with Gasteiger partial charge in [0.05, 0.1) is 18.0 Å². The molecule has 1 aromatic rings. The lowest BCUT2D eigenvalue weighted by Gasteiger charge is -2.17.